The van der Waals surface area contributed by atoms with Crippen LogP contribution in [0, 0.1) is 5.92 Å². The van der Waals surface area contributed by atoms with Gasteiger partial charge in [0.1, 0.15) is 0 Å². The highest BCUT2D eigenvalue weighted by Crippen LogP contribution is 2.16. The van der Waals surface area contributed by atoms with E-state index in [0.717, 1.165) is 22.9 Å². The van der Waals surface area contributed by atoms with Crippen molar-refractivity contribution in [2.75, 3.05) is 17.2 Å². The van der Waals surface area contributed by atoms with Gasteiger partial charge in [-0.25, -0.2) is 0 Å². The zero-order valence-electron chi connectivity index (χ0n) is 11.6. The summed E-state index contributed by atoms with van der Waals surface area (Å²) in [5.41, 5.74) is 0.998. The molecular formula is C14H18ClN5. The van der Waals surface area contributed by atoms with Crippen molar-refractivity contribution in [1.29, 1.82) is 0 Å². The monoisotopic (exact) mass is 291 g/mol. The molecule has 1 aromatic carbocycles. The van der Waals surface area contributed by atoms with Crippen LogP contribution in [0.15, 0.2) is 30.5 Å². The van der Waals surface area contributed by atoms with E-state index in [9.17, 15) is 0 Å². The molecule has 20 heavy (non-hydrogen) atoms. The predicted octanol–water partition coefficient (Wildman–Crippen LogP) is 3.21. The van der Waals surface area contributed by atoms with E-state index in [0.29, 0.717) is 18.4 Å². The summed E-state index contributed by atoms with van der Waals surface area (Å²) in [6, 6.07) is 7.67. The lowest BCUT2D eigenvalue weighted by Gasteiger charge is -2.09. The molecule has 1 aromatic heterocycles. The second-order valence-corrected chi connectivity index (χ2v) is 5.29. The molecule has 0 aliphatic heterocycles. The van der Waals surface area contributed by atoms with Gasteiger partial charge >= 0.3 is 0 Å². The van der Waals surface area contributed by atoms with Gasteiger partial charge in [0.15, 0.2) is 5.82 Å². The number of hydrogen-bond donors (Lipinski definition) is 2. The molecule has 5 nitrogen and oxygen atoms in total. The summed E-state index contributed by atoms with van der Waals surface area (Å²) in [4.78, 5) is 4.35. The molecule has 1 heterocycles. The van der Waals surface area contributed by atoms with Crippen molar-refractivity contribution >= 4 is 23.4 Å². The Morgan fingerprint density at radius 2 is 2.00 bits per heavy atom. The van der Waals surface area contributed by atoms with E-state index in [4.69, 9.17) is 11.6 Å². The standard InChI is InChI=1S/C14H18ClN5/c1-10(2)7-16-13-9-18-20-14(19-13)17-8-11-5-3-4-6-12(11)15/h3-6,9-10H,7-8H2,1-2H3,(H2,16,17,19,20). The molecule has 0 radical (unpaired) electrons. The van der Waals surface area contributed by atoms with E-state index in [1.165, 1.54) is 0 Å². The average molecular weight is 292 g/mol. The Hall–Kier alpha value is -1.88. The summed E-state index contributed by atoms with van der Waals surface area (Å²) < 4.78 is 0. The molecule has 2 aromatic rings. The van der Waals surface area contributed by atoms with E-state index in [1.54, 1.807) is 6.20 Å². The molecule has 0 aliphatic carbocycles. The summed E-state index contributed by atoms with van der Waals surface area (Å²) in [5.74, 6) is 1.75. The van der Waals surface area contributed by atoms with Crippen molar-refractivity contribution in [3.8, 4) is 0 Å². The number of hydrogen-bond acceptors (Lipinski definition) is 5. The molecule has 0 unspecified atom stereocenters. The number of anilines is 2. The van der Waals surface area contributed by atoms with Crippen molar-refractivity contribution in [3.05, 3.63) is 41.0 Å². The van der Waals surface area contributed by atoms with E-state index in [1.807, 2.05) is 24.3 Å². The fourth-order valence-corrected chi connectivity index (χ4v) is 1.79. The Kier molecular flexibility index (Phi) is 5.12. The lowest BCUT2D eigenvalue weighted by atomic mass is 10.2. The van der Waals surface area contributed by atoms with Crippen molar-refractivity contribution in [3.63, 3.8) is 0 Å². The molecule has 0 fully saturated rings. The largest absolute Gasteiger partial charge is 0.368 e. The van der Waals surface area contributed by atoms with Crippen molar-refractivity contribution in [2.24, 2.45) is 5.92 Å². The lowest BCUT2D eigenvalue weighted by molar-refractivity contribution is 0.686. The Balaban J connectivity index is 1.96. The van der Waals surface area contributed by atoms with Gasteiger partial charge in [0.25, 0.3) is 0 Å². The minimum Gasteiger partial charge on any atom is -0.368 e. The van der Waals surface area contributed by atoms with E-state index < -0.39 is 0 Å². The smallest absolute Gasteiger partial charge is 0.244 e. The molecule has 0 aliphatic rings. The Labute approximate surface area is 123 Å². The minimum absolute atomic E-state index is 0.485. The molecule has 0 atom stereocenters. The number of aromatic nitrogens is 3. The number of nitrogens with one attached hydrogen (secondary N) is 2. The van der Waals surface area contributed by atoms with Crippen LogP contribution in [0.25, 0.3) is 0 Å². The molecule has 2 N–H and O–H groups in total. The van der Waals surface area contributed by atoms with E-state index in [2.05, 4.69) is 39.7 Å². The third kappa shape index (κ3) is 4.35. The summed E-state index contributed by atoms with van der Waals surface area (Å²) in [5, 5.41) is 14.9. The first kappa shape index (κ1) is 14.5. The molecule has 6 heteroatoms. The van der Waals surface area contributed by atoms with Gasteiger partial charge in [-0.2, -0.15) is 10.1 Å². The van der Waals surface area contributed by atoms with Crippen molar-refractivity contribution in [1.82, 2.24) is 15.2 Å². The molecular weight excluding hydrogens is 274 g/mol. The van der Waals surface area contributed by atoms with Crippen LogP contribution in [0.1, 0.15) is 19.4 Å². The second kappa shape index (κ2) is 7.05. The molecule has 0 saturated carbocycles. The van der Waals surface area contributed by atoms with Crippen LogP contribution in [0.3, 0.4) is 0 Å². The van der Waals surface area contributed by atoms with Crippen LogP contribution in [0.5, 0.6) is 0 Å². The summed E-state index contributed by atoms with van der Waals surface area (Å²) in [6.07, 6.45) is 1.61. The summed E-state index contributed by atoms with van der Waals surface area (Å²) in [7, 11) is 0. The van der Waals surface area contributed by atoms with Gasteiger partial charge in [0.2, 0.25) is 5.95 Å². The first-order valence-corrected chi connectivity index (χ1v) is 6.94. The van der Waals surface area contributed by atoms with Crippen LogP contribution < -0.4 is 10.6 Å². The van der Waals surface area contributed by atoms with Crippen LogP contribution in [-0.2, 0) is 6.54 Å². The number of benzene rings is 1. The summed E-state index contributed by atoms with van der Waals surface area (Å²) in [6.45, 7) is 5.69. The second-order valence-electron chi connectivity index (χ2n) is 4.88. The Bertz CT molecular complexity index is 559. The number of nitrogens with zero attached hydrogens (tertiary/aromatic N) is 3. The molecule has 0 saturated heterocycles. The molecule has 2 rings (SSSR count). The molecule has 0 bridgehead atoms. The maximum absolute atomic E-state index is 6.10. The van der Waals surface area contributed by atoms with Gasteiger partial charge in [-0.3, -0.25) is 0 Å². The minimum atomic E-state index is 0.485. The molecule has 0 spiro atoms. The number of rotatable bonds is 6. The maximum Gasteiger partial charge on any atom is 0.244 e. The third-order valence-corrected chi connectivity index (χ3v) is 3.01. The van der Waals surface area contributed by atoms with E-state index in [-0.39, 0.29) is 0 Å². The van der Waals surface area contributed by atoms with Crippen molar-refractivity contribution in [2.45, 2.75) is 20.4 Å². The SMILES string of the molecule is CC(C)CNc1cnnc(NCc2ccccc2Cl)n1. The van der Waals surface area contributed by atoms with Crippen LogP contribution >= 0.6 is 11.6 Å². The normalized spacial score (nSPS) is 10.6. The van der Waals surface area contributed by atoms with E-state index >= 15 is 0 Å². The van der Waals surface area contributed by atoms with Gasteiger partial charge in [0.05, 0.1) is 6.20 Å². The first-order valence-electron chi connectivity index (χ1n) is 6.56. The number of halogens is 1. The average Bonchev–Trinajstić information content (AvgIpc) is 2.45. The van der Waals surface area contributed by atoms with Crippen molar-refractivity contribution < 1.29 is 0 Å². The van der Waals surface area contributed by atoms with Gasteiger partial charge in [0, 0.05) is 18.1 Å². The highest BCUT2D eigenvalue weighted by atomic mass is 35.5. The highest BCUT2D eigenvalue weighted by Gasteiger charge is 2.03. The Morgan fingerprint density at radius 1 is 1.20 bits per heavy atom. The van der Waals surface area contributed by atoms with Gasteiger partial charge in [-0.1, -0.05) is 43.6 Å². The zero-order valence-corrected chi connectivity index (χ0v) is 12.4. The van der Waals surface area contributed by atoms with Gasteiger partial charge in [-0.05, 0) is 17.5 Å². The van der Waals surface area contributed by atoms with Crippen LogP contribution in [-0.4, -0.2) is 21.7 Å². The maximum atomic E-state index is 6.10. The van der Waals surface area contributed by atoms with Crippen LogP contribution in [0.2, 0.25) is 5.02 Å². The van der Waals surface area contributed by atoms with Gasteiger partial charge in [-0.15, -0.1) is 5.10 Å². The lowest BCUT2D eigenvalue weighted by Crippen LogP contribution is -2.11. The zero-order chi connectivity index (χ0) is 14.4. The quantitative estimate of drug-likeness (QED) is 0.856. The van der Waals surface area contributed by atoms with Crippen LogP contribution in [0.4, 0.5) is 11.8 Å². The summed E-state index contributed by atoms with van der Waals surface area (Å²) >= 11 is 6.10. The highest BCUT2D eigenvalue weighted by molar-refractivity contribution is 6.31. The predicted molar refractivity (Wildman–Crippen MR) is 81.9 cm³/mol. The molecule has 0 amide bonds. The molecule has 106 valence electrons. The third-order valence-electron chi connectivity index (χ3n) is 2.65. The Morgan fingerprint density at radius 3 is 2.75 bits per heavy atom. The fraction of sp³-hybridized carbons (Fsp3) is 0.357. The van der Waals surface area contributed by atoms with Gasteiger partial charge < -0.3 is 10.6 Å². The fourth-order valence-electron chi connectivity index (χ4n) is 1.59. The topological polar surface area (TPSA) is 62.7 Å². The first-order chi connectivity index (χ1) is 9.65.